The quantitative estimate of drug-likeness (QED) is 0.363. The number of carbonyl (C=O) groups is 2. The third kappa shape index (κ3) is 4.99. The van der Waals surface area contributed by atoms with E-state index in [1.807, 2.05) is 42.5 Å². The summed E-state index contributed by atoms with van der Waals surface area (Å²) >= 11 is 1.33. The zero-order chi connectivity index (χ0) is 23.3. The van der Waals surface area contributed by atoms with Gasteiger partial charge in [-0.15, -0.1) is 10.2 Å². The lowest BCUT2D eigenvalue weighted by atomic mass is 10.1. The zero-order valence-electron chi connectivity index (χ0n) is 18.2. The van der Waals surface area contributed by atoms with Gasteiger partial charge in [0.25, 0.3) is 5.91 Å². The van der Waals surface area contributed by atoms with Gasteiger partial charge in [-0.25, -0.2) is 0 Å². The molecule has 5 rings (SSSR count). The summed E-state index contributed by atoms with van der Waals surface area (Å²) in [6, 6.07) is 20.3. The molecule has 9 heteroatoms. The Bertz CT molecular complexity index is 1310. The normalized spacial score (nSPS) is 12.8. The number of amides is 2. The van der Waals surface area contributed by atoms with E-state index in [-0.39, 0.29) is 17.6 Å². The summed E-state index contributed by atoms with van der Waals surface area (Å²) in [5, 5.41) is 15.1. The second-order valence-corrected chi connectivity index (χ2v) is 8.79. The fourth-order valence-electron chi connectivity index (χ4n) is 3.56. The fraction of sp³-hybridized carbons (Fsp3) is 0.160. The van der Waals surface area contributed by atoms with Crippen LogP contribution >= 0.6 is 11.8 Å². The van der Waals surface area contributed by atoms with E-state index < -0.39 is 0 Å². The Balaban J connectivity index is 1.26. The molecule has 2 heterocycles. The van der Waals surface area contributed by atoms with Crippen LogP contribution in [0, 0.1) is 0 Å². The van der Waals surface area contributed by atoms with Crippen LogP contribution in [0.1, 0.15) is 29.2 Å². The van der Waals surface area contributed by atoms with Crippen LogP contribution in [0.25, 0.3) is 11.4 Å². The Morgan fingerprint density at radius 3 is 2.50 bits per heavy atom. The van der Waals surface area contributed by atoms with Crippen molar-refractivity contribution in [3.05, 3.63) is 84.7 Å². The number of hydrogen-bond donors (Lipinski definition) is 2. The maximum atomic E-state index is 12.8. The summed E-state index contributed by atoms with van der Waals surface area (Å²) in [5.41, 5.74) is 2.44. The van der Waals surface area contributed by atoms with E-state index in [1.54, 1.807) is 36.7 Å². The van der Waals surface area contributed by atoms with Crippen molar-refractivity contribution in [3.8, 4) is 11.4 Å². The van der Waals surface area contributed by atoms with Gasteiger partial charge >= 0.3 is 0 Å². The predicted molar refractivity (Wildman–Crippen MR) is 132 cm³/mol. The number of rotatable bonds is 8. The summed E-state index contributed by atoms with van der Waals surface area (Å²) in [6.45, 7) is 0. The van der Waals surface area contributed by atoms with Gasteiger partial charge in [0.05, 0.1) is 17.0 Å². The number of pyridine rings is 1. The molecule has 0 spiro atoms. The Labute approximate surface area is 200 Å². The first-order valence-electron chi connectivity index (χ1n) is 10.9. The van der Waals surface area contributed by atoms with Crippen LogP contribution in [0.3, 0.4) is 0 Å². The molecule has 1 saturated carbocycles. The van der Waals surface area contributed by atoms with Gasteiger partial charge in [0.1, 0.15) is 0 Å². The Kier molecular flexibility index (Phi) is 6.35. The van der Waals surface area contributed by atoms with E-state index >= 15 is 0 Å². The summed E-state index contributed by atoms with van der Waals surface area (Å²) < 4.78 is 2.09. The Morgan fingerprint density at radius 2 is 1.74 bits per heavy atom. The number of para-hydroxylation sites is 2. The van der Waals surface area contributed by atoms with Crippen molar-refractivity contribution in [1.29, 1.82) is 0 Å². The SMILES string of the molecule is O=C(CSc1nnc(-c2cccnc2)n1C1CC1)Nc1ccccc1C(=O)Nc1ccccc1. The summed E-state index contributed by atoms with van der Waals surface area (Å²) in [4.78, 5) is 29.7. The lowest BCUT2D eigenvalue weighted by Crippen LogP contribution is -2.19. The zero-order valence-corrected chi connectivity index (χ0v) is 19.0. The Morgan fingerprint density at radius 1 is 0.941 bits per heavy atom. The highest BCUT2D eigenvalue weighted by Gasteiger charge is 2.30. The number of nitrogens with zero attached hydrogens (tertiary/aromatic N) is 4. The van der Waals surface area contributed by atoms with Gasteiger partial charge < -0.3 is 10.6 Å². The maximum absolute atomic E-state index is 12.8. The first kappa shape index (κ1) is 21.8. The molecule has 1 aliphatic carbocycles. The number of benzene rings is 2. The monoisotopic (exact) mass is 470 g/mol. The first-order chi connectivity index (χ1) is 16.7. The second-order valence-electron chi connectivity index (χ2n) is 7.85. The average molecular weight is 471 g/mol. The number of carbonyl (C=O) groups excluding carboxylic acids is 2. The third-order valence-corrected chi connectivity index (χ3v) is 6.25. The number of hydrogen-bond acceptors (Lipinski definition) is 6. The third-order valence-electron chi connectivity index (χ3n) is 5.31. The van der Waals surface area contributed by atoms with Gasteiger partial charge in [0.2, 0.25) is 5.91 Å². The molecule has 4 aromatic rings. The van der Waals surface area contributed by atoms with Crippen LogP contribution in [-0.2, 0) is 4.79 Å². The number of nitrogens with one attached hydrogen (secondary N) is 2. The molecule has 34 heavy (non-hydrogen) atoms. The number of anilines is 2. The van der Waals surface area contributed by atoms with Gasteiger partial charge in [-0.3, -0.25) is 19.1 Å². The summed E-state index contributed by atoms with van der Waals surface area (Å²) in [6.07, 6.45) is 5.62. The second kappa shape index (κ2) is 9.88. The highest BCUT2D eigenvalue weighted by molar-refractivity contribution is 7.99. The summed E-state index contributed by atoms with van der Waals surface area (Å²) in [5.74, 6) is 0.399. The van der Waals surface area contributed by atoms with Crippen molar-refractivity contribution in [3.63, 3.8) is 0 Å². The van der Waals surface area contributed by atoms with Gasteiger partial charge in [-0.05, 0) is 49.2 Å². The van der Waals surface area contributed by atoms with Crippen molar-refractivity contribution >= 4 is 35.0 Å². The minimum Gasteiger partial charge on any atom is -0.325 e. The topological polar surface area (TPSA) is 102 Å². The minimum absolute atomic E-state index is 0.145. The molecule has 2 aromatic carbocycles. The van der Waals surface area contributed by atoms with Crippen LogP contribution in [0.4, 0.5) is 11.4 Å². The highest BCUT2D eigenvalue weighted by atomic mass is 32.2. The molecule has 170 valence electrons. The molecule has 0 bridgehead atoms. The maximum Gasteiger partial charge on any atom is 0.257 e. The van der Waals surface area contributed by atoms with E-state index in [0.717, 1.165) is 24.2 Å². The molecule has 0 saturated heterocycles. The molecule has 1 aliphatic rings. The van der Waals surface area contributed by atoms with Crippen molar-refractivity contribution in [1.82, 2.24) is 19.7 Å². The van der Waals surface area contributed by atoms with Crippen LogP contribution in [0.5, 0.6) is 0 Å². The molecular formula is C25H22N6O2S. The molecule has 0 unspecified atom stereocenters. The smallest absolute Gasteiger partial charge is 0.257 e. The molecule has 2 aromatic heterocycles. The van der Waals surface area contributed by atoms with Gasteiger partial charge in [-0.1, -0.05) is 42.1 Å². The Hall–Kier alpha value is -3.98. The van der Waals surface area contributed by atoms with E-state index in [0.29, 0.717) is 28.1 Å². The predicted octanol–water partition coefficient (Wildman–Crippen LogP) is 4.66. The van der Waals surface area contributed by atoms with E-state index in [1.165, 1.54) is 11.8 Å². The van der Waals surface area contributed by atoms with Gasteiger partial charge in [-0.2, -0.15) is 0 Å². The molecule has 8 nitrogen and oxygen atoms in total. The highest BCUT2D eigenvalue weighted by Crippen LogP contribution is 2.40. The summed E-state index contributed by atoms with van der Waals surface area (Å²) in [7, 11) is 0. The molecule has 2 N–H and O–H groups in total. The fourth-order valence-corrected chi connectivity index (χ4v) is 4.36. The standard InChI is InChI=1S/C25H22N6O2S/c32-22(28-21-11-5-4-10-20(21)24(33)27-18-8-2-1-3-9-18)16-34-25-30-29-23(31(25)19-12-13-19)17-7-6-14-26-15-17/h1-11,14-15,19H,12-13,16H2,(H,27,33)(H,28,32). The first-order valence-corrected chi connectivity index (χ1v) is 11.9. The minimum atomic E-state index is -0.288. The van der Waals surface area contributed by atoms with Crippen LogP contribution in [-0.4, -0.2) is 37.3 Å². The van der Waals surface area contributed by atoms with Crippen molar-refractivity contribution in [2.75, 3.05) is 16.4 Å². The lowest BCUT2D eigenvalue weighted by Gasteiger charge is -2.12. The molecule has 0 aliphatic heterocycles. The largest absolute Gasteiger partial charge is 0.325 e. The lowest BCUT2D eigenvalue weighted by molar-refractivity contribution is -0.113. The van der Waals surface area contributed by atoms with Crippen LogP contribution in [0.15, 0.2) is 84.3 Å². The molecule has 2 amide bonds. The molecule has 0 atom stereocenters. The van der Waals surface area contributed by atoms with Crippen molar-refractivity contribution in [2.24, 2.45) is 0 Å². The van der Waals surface area contributed by atoms with Crippen LogP contribution < -0.4 is 10.6 Å². The molecule has 1 fully saturated rings. The van der Waals surface area contributed by atoms with E-state index in [2.05, 4.69) is 30.4 Å². The number of aromatic nitrogens is 4. The van der Waals surface area contributed by atoms with E-state index in [9.17, 15) is 9.59 Å². The van der Waals surface area contributed by atoms with Gasteiger partial charge in [0.15, 0.2) is 11.0 Å². The van der Waals surface area contributed by atoms with Crippen molar-refractivity contribution < 1.29 is 9.59 Å². The van der Waals surface area contributed by atoms with Gasteiger partial charge in [0, 0.05) is 29.7 Å². The number of thioether (sulfide) groups is 1. The molecular weight excluding hydrogens is 448 g/mol. The molecule has 0 radical (unpaired) electrons. The average Bonchev–Trinajstić information content (AvgIpc) is 3.62. The van der Waals surface area contributed by atoms with Crippen LogP contribution in [0.2, 0.25) is 0 Å². The van der Waals surface area contributed by atoms with Crippen molar-refractivity contribution in [2.45, 2.75) is 24.0 Å². The van der Waals surface area contributed by atoms with E-state index in [4.69, 9.17) is 0 Å².